The third kappa shape index (κ3) is 5.17. The van der Waals surface area contributed by atoms with Crippen LogP contribution >= 0.6 is 0 Å². The van der Waals surface area contributed by atoms with E-state index < -0.39 is 5.60 Å². The molecule has 2 N–H and O–H groups in total. The Hall–Kier alpha value is -1.13. The highest BCUT2D eigenvalue weighted by atomic mass is 19.1. The second kappa shape index (κ2) is 7.46. The van der Waals surface area contributed by atoms with Gasteiger partial charge in [-0.2, -0.15) is 0 Å². The van der Waals surface area contributed by atoms with Crippen molar-refractivity contribution in [3.63, 3.8) is 0 Å². The second-order valence-electron chi connectivity index (χ2n) is 4.80. The van der Waals surface area contributed by atoms with Gasteiger partial charge in [0.15, 0.2) is 0 Å². The molecule has 0 aliphatic rings. The Kier molecular flexibility index (Phi) is 6.25. The summed E-state index contributed by atoms with van der Waals surface area (Å²) in [6, 6.07) is 4.64. The first-order valence-corrected chi connectivity index (χ1v) is 6.88. The van der Waals surface area contributed by atoms with E-state index in [0.29, 0.717) is 25.1 Å². The van der Waals surface area contributed by atoms with Gasteiger partial charge in [-0.05, 0) is 37.1 Å². The maximum Gasteiger partial charge on any atom is 0.127 e. The lowest BCUT2D eigenvalue weighted by atomic mass is 9.99. The summed E-state index contributed by atoms with van der Waals surface area (Å²) < 4.78 is 19.0. The standard InChI is InChI=1S/C15H24FNO2/c1-4-15(18,5-2)11-19-14-8-12(10-17-6-3)7-13(16)9-14/h7-9,17-18H,4-6,10-11H2,1-3H3. The Balaban J connectivity index is 2.70. The predicted octanol–water partition coefficient (Wildman–Crippen LogP) is 2.87. The van der Waals surface area contributed by atoms with Gasteiger partial charge in [0.1, 0.15) is 18.2 Å². The molecule has 0 saturated heterocycles. The number of aliphatic hydroxyl groups is 1. The molecule has 1 aromatic rings. The van der Waals surface area contributed by atoms with E-state index in [0.717, 1.165) is 12.1 Å². The Morgan fingerprint density at radius 3 is 2.47 bits per heavy atom. The summed E-state index contributed by atoms with van der Waals surface area (Å²) in [4.78, 5) is 0. The maximum atomic E-state index is 13.5. The second-order valence-corrected chi connectivity index (χ2v) is 4.80. The van der Waals surface area contributed by atoms with Gasteiger partial charge in [0, 0.05) is 12.6 Å². The summed E-state index contributed by atoms with van der Waals surface area (Å²) in [6.07, 6.45) is 1.23. The van der Waals surface area contributed by atoms with Crippen LogP contribution in [0.15, 0.2) is 18.2 Å². The number of rotatable bonds is 8. The average molecular weight is 269 g/mol. The fourth-order valence-corrected chi connectivity index (χ4v) is 1.75. The van der Waals surface area contributed by atoms with E-state index in [1.807, 2.05) is 20.8 Å². The zero-order valence-electron chi connectivity index (χ0n) is 12.0. The summed E-state index contributed by atoms with van der Waals surface area (Å²) in [6.45, 7) is 7.45. The van der Waals surface area contributed by atoms with Crippen molar-refractivity contribution in [2.45, 2.75) is 45.8 Å². The van der Waals surface area contributed by atoms with Crippen molar-refractivity contribution in [3.05, 3.63) is 29.6 Å². The molecular weight excluding hydrogens is 245 g/mol. The third-order valence-electron chi connectivity index (χ3n) is 3.33. The van der Waals surface area contributed by atoms with E-state index in [1.165, 1.54) is 12.1 Å². The van der Waals surface area contributed by atoms with Gasteiger partial charge < -0.3 is 15.2 Å². The quantitative estimate of drug-likeness (QED) is 0.762. The number of ether oxygens (including phenoxy) is 1. The summed E-state index contributed by atoms with van der Waals surface area (Å²) in [5.74, 6) is 0.148. The zero-order chi connectivity index (χ0) is 14.3. The SMILES string of the molecule is CCNCc1cc(F)cc(OCC(O)(CC)CC)c1. The van der Waals surface area contributed by atoms with Crippen LogP contribution in [-0.4, -0.2) is 23.9 Å². The fourth-order valence-electron chi connectivity index (χ4n) is 1.75. The van der Waals surface area contributed by atoms with E-state index in [2.05, 4.69) is 5.32 Å². The highest BCUT2D eigenvalue weighted by Crippen LogP contribution is 2.20. The van der Waals surface area contributed by atoms with E-state index in [9.17, 15) is 9.50 Å². The first-order chi connectivity index (χ1) is 9.03. The van der Waals surface area contributed by atoms with E-state index in [1.54, 1.807) is 6.07 Å². The zero-order valence-corrected chi connectivity index (χ0v) is 12.0. The Bertz CT molecular complexity index is 392. The molecule has 19 heavy (non-hydrogen) atoms. The lowest BCUT2D eigenvalue weighted by Crippen LogP contribution is -2.34. The summed E-state index contributed by atoms with van der Waals surface area (Å²) >= 11 is 0. The largest absolute Gasteiger partial charge is 0.490 e. The summed E-state index contributed by atoms with van der Waals surface area (Å²) in [7, 11) is 0. The van der Waals surface area contributed by atoms with Gasteiger partial charge >= 0.3 is 0 Å². The smallest absolute Gasteiger partial charge is 0.127 e. The Morgan fingerprint density at radius 1 is 1.21 bits per heavy atom. The van der Waals surface area contributed by atoms with Gasteiger partial charge in [0.05, 0.1) is 5.60 Å². The van der Waals surface area contributed by atoms with Gasteiger partial charge in [-0.3, -0.25) is 0 Å². The van der Waals surface area contributed by atoms with Crippen LogP contribution in [0.2, 0.25) is 0 Å². The van der Waals surface area contributed by atoms with Crippen molar-refractivity contribution in [2.24, 2.45) is 0 Å². The minimum Gasteiger partial charge on any atom is -0.490 e. The van der Waals surface area contributed by atoms with Crippen LogP contribution in [0.1, 0.15) is 39.2 Å². The lowest BCUT2D eigenvalue weighted by molar-refractivity contribution is -0.0114. The highest BCUT2D eigenvalue weighted by Gasteiger charge is 2.23. The molecular formula is C15H24FNO2. The first-order valence-electron chi connectivity index (χ1n) is 6.88. The Morgan fingerprint density at radius 2 is 1.89 bits per heavy atom. The third-order valence-corrected chi connectivity index (χ3v) is 3.33. The molecule has 1 aromatic carbocycles. The van der Waals surface area contributed by atoms with Gasteiger partial charge in [0.2, 0.25) is 0 Å². The van der Waals surface area contributed by atoms with Crippen LogP contribution < -0.4 is 10.1 Å². The van der Waals surface area contributed by atoms with Crippen molar-refractivity contribution in [1.29, 1.82) is 0 Å². The molecule has 0 saturated carbocycles. The highest BCUT2D eigenvalue weighted by molar-refractivity contribution is 5.29. The molecule has 0 unspecified atom stereocenters. The molecule has 0 heterocycles. The molecule has 0 fully saturated rings. The monoisotopic (exact) mass is 269 g/mol. The molecule has 0 amide bonds. The predicted molar refractivity (Wildman–Crippen MR) is 74.8 cm³/mol. The molecule has 0 radical (unpaired) electrons. The minimum atomic E-state index is -0.839. The van der Waals surface area contributed by atoms with Gasteiger partial charge in [-0.25, -0.2) is 4.39 Å². The molecule has 3 nitrogen and oxygen atoms in total. The number of nitrogens with one attached hydrogen (secondary N) is 1. The van der Waals surface area contributed by atoms with Crippen molar-refractivity contribution >= 4 is 0 Å². The van der Waals surface area contributed by atoms with Gasteiger partial charge in [-0.1, -0.05) is 20.8 Å². The van der Waals surface area contributed by atoms with Crippen LogP contribution in [-0.2, 0) is 6.54 Å². The molecule has 0 spiro atoms. The first kappa shape index (κ1) is 15.9. The van der Waals surface area contributed by atoms with E-state index >= 15 is 0 Å². The topological polar surface area (TPSA) is 41.5 Å². The van der Waals surface area contributed by atoms with Gasteiger partial charge in [0.25, 0.3) is 0 Å². The fraction of sp³-hybridized carbons (Fsp3) is 0.600. The normalized spacial score (nSPS) is 11.6. The van der Waals surface area contributed by atoms with Crippen molar-refractivity contribution in [3.8, 4) is 5.75 Å². The number of hydrogen-bond acceptors (Lipinski definition) is 3. The van der Waals surface area contributed by atoms with Crippen LogP contribution in [0, 0.1) is 5.82 Å². The summed E-state index contributed by atoms with van der Waals surface area (Å²) in [5, 5.41) is 13.3. The molecule has 108 valence electrons. The molecule has 0 bridgehead atoms. The van der Waals surface area contributed by atoms with Gasteiger partial charge in [-0.15, -0.1) is 0 Å². The van der Waals surface area contributed by atoms with Crippen molar-refractivity contribution in [2.75, 3.05) is 13.2 Å². The van der Waals surface area contributed by atoms with Crippen LogP contribution in [0.25, 0.3) is 0 Å². The lowest BCUT2D eigenvalue weighted by Gasteiger charge is -2.25. The van der Waals surface area contributed by atoms with Crippen LogP contribution in [0.5, 0.6) is 5.75 Å². The van der Waals surface area contributed by atoms with Crippen LogP contribution in [0.3, 0.4) is 0 Å². The molecule has 0 atom stereocenters. The average Bonchev–Trinajstić information content (AvgIpc) is 2.42. The summed E-state index contributed by atoms with van der Waals surface area (Å²) in [5.41, 5.74) is 0.00196. The molecule has 4 heteroatoms. The minimum absolute atomic E-state index is 0.185. The molecule has 1 rings (SSSR count). The number of benzene rings is 1. The number of hydrogen-bond donors (Lipinski definition) is 2. The van der Waals surface area contributed by atoms with Crippen LogP contribution in [0.4, 0.5) is 4.39 Å². The molecule has 0 aliphatic heterocycles. The van der Waals surface area contributed by atoms with Crippen molar-refractivity contribution < 1.29 is 14.2 Å². The molecule has 0 aromatic heterocycles. The Labute approximate surface area is 114 Å². The van der Waals surface area contributed by atoms with E-state index in [-0.39, 0.29) is 12.4 Å². The van der Waals surface area contributed by atoms with E-state index in [4.69, 9.17) is 4.74 Å². The molecule has 0 aliphatic carbocycles. The van der Waals surface area contributed by atoms with Crippen molar-refractivity contribution in [1.82, 2.24) is 5.32 Å². The number of halogens is 1. The maximum absolute atomic E-state index is 13.5.